The molecule has 0 spiro atoms. The lowest BCUT2D eigenvalue weighted by Gasteiger charge is -2.21. The molecule has 0 saturated heterocycles. The molecule has 34 heavy (non-hydrogen) atoms. The summed E-state index contributed by atoms with van der Waals surface area (Å²) in [5, 5.41) is 24.2. The van der Waals surface area contributed by atoms with Crippen molar-refractivity contribution in [2.75, 3.05) is 7.11 Å². The van der Waals surface area contributed by atoms with Gasteiger partial charge in [0, 0.05) is 6.07 Å². The second-order valence-electron chi connectivity index (χ2n) is 6.83. The van der Waals surface area contributed by atoms with Crippen LogP contribution in [0.25, 0.3) is 11.1 Å². The van der Waals surface area contributed by atoms with Crippen molar-refractivity contribution < 1.29 is 24.1 Å². The Kier molecular flexibility index (Phi) is 7.61. The summed E-state index contributed by atoms with van der Waals surface area (Å²) >= 11 is 16.9. The monoisotopic (exact) mass is 524 g/mol. The van der Waals surface area contributed by atoms with Gasteiger partial charge in [-0.15, -0.1) is 0 Å². The molecule has 0 saturated carbocycles. The van der Waals surface area contributed by atoms with Crippen LogP contribution in [0, 0.1) is 20.2 Å². The standard InChI is InChI=1S/C22H15Cl3N2O7/c1-33-15-9-7-13(8-10-15)16-11-12-17(26(29)30)18(19(16)27(31)32)20(14-5-3-2-4-6-14)34-21(28)22(23,24)25/h2-12,20H,1H3. The molecule has 0 aliphatic carbocycles. The van der Waals surface area contributed by atoms with E-state index in [0.29, 0.717) is 11.3 Å². The van der Waals surface area contributed by atoms with Crippen molar-refractivity contribution in [1.29, 1.82) is 0 Å². The van der Waals surface area contributed by atoms with Crippen LogP contribution in [-0.2, 0) is 9.53 Å². The van der Waals surface area contributed by atoms with E-state index in [-0.39, 0.29) is 11.1 Å². The van der Waals surface area contributed by atoms with Crippen LogP contribution in [0.3, 0.4) is 0 Å². The van der Waals surface area contributed by atoms with Crippen LogP contribution < -0.4 is 4.74 Å². The van der Waals surface area contributed by atoms with E-state index >= 15 is 0 Å². The highest BCUT2D eigenvalue weighted by molar-refractivity contribution is 6.75. The zero-order valence-corrected chi connectivity index (χ0v) is 19.6. The average Bonchev–Trinajstić information content (AvgIpc) is 2.81. The number of ether oxygens (including phenoxy) is 2. The van der Waals surface area contributed by atoms with Crippen LogP contribution >= 0.6 is 34.8 Å². The zero-order valence-electron chi connectivity index (χ0n) is 17.3. The molecular weight excluding hydrogens is 511 g/mol. The van der Waals surface area contributed by atoms with Gasteiger partial charge in [0.05, 0.1) is 22.5 Å². The van der Waals surface area contributed by atoms with Gasteiger partial charge in [-0.2, -0.15) is 0 Å². The third kappa shape index (κ3) is 5.39. The number of carbonyl (C=O) groups is 1. The van der Waals surface area contributed by atoms with Gasteiger partial charge < -0.3 is 9.47 Å². The lowest BCUT2D eigenvalue weighted by atomic mass is 9.92. The normalized spacial score (nSPS) is 12.0. The first-order valence-electron chi connectivity index (χ1n) is 9.47. The number of benzene rings is 3. The predicted molar refractivity (Wildman–Crippen MR) is 126 cm³/mol. The van der Waals surface area contributed by atoms with Crippen molar-refractivity contribution >= 4 is 52.1 Å². The molecule has 0 aliphatic rings. The number of nitrogens with zero attached hydrogens (tertiary/aromatic N) is 2. The largest absolute Gasteiger partial charge is 0.497 e. The third-order valence-electron chi connectivity index (χ3n) is 4.80. The molecule has 0 N–H and O–H groups in total. The Hall–Kier alpha value is -3.40. The molecule has 176 valence electrons. The van der Waals surface area contributed by atoms with Crippen LogP contribution in [0.1, 0.15) is 17.2 Å². The zero-order chi connectivity index (χ0) is 25.0. The fourth-order valence-electron chi connectivity index (χ4n) is 3.31. The summed E-state index contributed by atoms with van der Waals surface area (Å²) in [4.78, 5) is 35.0. The molecule has 12 heteroatoms. The Balaban J connectivity index is 2.35. The molecule has 3 rings (SSSR count). The van der Waals surface area contributed by atoms with Gasteiger partial charge in [0.15, 0.2) is 11.7 Å². The van der Waals surface area contributed by atoms with E-state index in [1.54, 1.807) is 42.5 Å². The van der Waals surface area contributed by atoms with Crippen molar-refractivity contribution in [2.24, 2.45) is 0 Å². The van der Waals surface area contributed by atoms with Gasteiger partial charge in [-0.25, -0.2) is 4.79 Å². The number of halogens is 3. The Morgan fingerprint density at radius 2 is 1.53 bits per heavy atom. The quantitative estimate of drug-likeness (QED) is 0.156. The summed E-state index contributed by atoms with van der Waals surface area (Å²) in [5.74, 6) is -0.850. The van der Waals surface area contributed by atoms with Crippen molar-refractivity contribution in [3.05, 3.63) is 98.1 Å². The number of alkyl halides is 3. The maximum atomic E-state index is 12.4. The summed E-state index contributed by atoms with van der Waals surface area (Å²) in [6.07, 6.45) is -1.62. The first kappa shape index (κ1) is 25.2. The van der Waals surface area contributed by atoms with Crippen molar-refractivity contribution in [3.63, 3.8) is 0 Å². The molecule has 3 aromatic carbocycles. The fourth-order valence-corrected chi connectivity index (χ4v) is 3.44. The highest BCUT2D eigenvalue weighted by Gasteiger charge is 2.41. The smallest absolute Gasteiger partial charge is 0.359 e. The molecule has 1 unspecified atom stereocenters. The minimum atomic E-state index is -2.52. The summed E-state index contributed by atoms with van der Waals surface area (Å²) in [6.45, 7) is 0. The van der Waals surface area contributed by atoms with Gasteiger partial charge >= 0.3 is 5.97 Å². The van der Waals surface area contributed by atoms with Gasteiger partial charge in [0.1, 0.15) is 5.75 Å². The van der Waals surface area contributed by atoms with Gasteiger partial charge in [-0.1, -0.05) is 77.3 Å². The fraction of sp³-hybridized carbons (Fsp3) is 0.136. The summed E-state index contributed by atoms with van der Waals surface area (Å²) < 4.78 is 7.92. The number of methoxy groups -OCH3 is 1. The van der Waals surface area contributed by atoms with Crippen LogP contribution in [0.2, 0.25) is 0 Å². The van der Waals surface area contributed by atoms with Crippen molar-refractivity contribution in [3.8, 4) is 16.9 Å². The Labute approximate surface area is 208 Å². The summed E-state index contributed by atoms with van der Waals surface area (Å²) in [6, 6.07) is 16.4. The molecule has 0 radical (unpaired) electrons. The van der Waals surface area contributed by atoms with E-state index in [2.05, 4.69) is 0 Å². The van der Waals surface area contributed by atoms with Gasteiger partial charge in [-0.3, -0.25) is 20.2 Å². The molecule has 9 nitrogen and oxygen atoms in total. The number of carbonyl (C=O) groups excluding carboxylic acids is 1. The van der Waals surface area contributed by atoms with E-state index in [4.69, 9.17) is 44.3 Å². The van der Waals surface area contributed by atoms with Crippen LogP contribution in [0.5, 0.6) is 5.75 Å². The highest BCUT2D eigenvalue weighted by atomic mass is 35.6. The second kappa shape index (κ2) is 10.3. The molecule has 0 aromatic heterocycles. The lowest BCUT2D eigenvalue weighted by Crippen LogP contribution is -2.25. The maximum Gasteiger partial charge on any atom is 0.359 e. The Morgan fingerprint density at radius 1 is 0.912 bits per heavy atom. The molecule has 0 aliphatic heterocycles. The molecule has 0 bridgehead atoms. The number of nitro groups is 2. The van der Waals surface area contributed by atoms with Gasteiger partial charge in [-0.05, 0) is 29.3 Å². The molecule has 1 atom stereocenters. The van der Waals surface area contributed by atoms with Crippen LogP contribution in [0.15, 0.2) is 66.7 Å². The Bertz CT molecular complexity index is 1230. The number of hydrogen-bond acceptors (Lipinski definition) is 7. The van der Waals surface area contributed by atoms with Crippen LogP contribution in [0.4, 0.5) is 11.4 Å². The highest BCUT2D eigenvalue weighted by Crippen LogP contribution is 2.45. The number of hydrogen-bond donors (Lipinski definition) is 0. The van der Waals surface area contributed by atoms with E-state index in [9.17, 15) is 25.0 Å². The minimum absolute atomic E-state index is 0.0547. The van der Waals surface area contributed by atoms with Crippen molar-refractivity contribution in [2.45, 2.75) is 9.90 Å². The first-order valence-corrected chi connectivity index (χ1v) is 10.6. The molecular formula is C22H15Cl3N2O7. The van der Waals surface area contributed by atoms with Gasteiger partial charge in [0.25, 0.3) is 15.2 Å². The van der Waals surface area contributed by atoms with E-state index in [1.807, 2.05) is 0 Å². The minimum Gasteiger partial charge on any atom is -0.497 e. The number of esters is 1. The first-order chi connectivity index (χ1) is 16.0. The average molecular weight is 526 g/mol. The molecule has 0 heterocycles. The third-order valence-corrected chi connectivity index (χ3v) is 5.26. The number of rotatable bonds is 7. The lowest BCUT2D eigenvalue weighted by molar-refractivity contribution is -0.395. The van der Waals surface area contributed by atoms with Gasteiger partial charge in [0.2, 0.25) is 0 Å². The molecule has 0 amide bonds. The molecule has 0 fully saturated rings. The number of nitro benzene ring substituents is 2. The van der Waals surface area contributed by atoms with E-state index in [0.717, 1.165) is 6.07 Å². The molecule has 3 aromatic rings. The van der Waals surface area contributed by atoms with E-state index < -0.39 is 42.7 Å². The topological polar surface area (TPSA) is 122 Å². The SMILES string of the molecule is COc1ccc(-c2ccc([N+](=O)[O-])c(C(OC(=O)C(Cl)(Cl)Cl)c3ccccc3)c2[N+](=O)[O-])cc1. The Morgan fingerprint density at radius 3 is 2.03 bits per heavy atom. The maximum absolute atomic E-state index is 12.4. The summed E-state index contributed by atoms with van der Waals surface area (Å²) in [5.41, 5.74) is -1.12. The van der Waals surface area contributed by atoms with Crippen LogP contribution in [-0.4, -0.2) is 26.7 Å². The van der Waals surface area contributed by atoms with Crippen molar-refractivity contribution in [1.82, 2.24) is 0 Å². The predicted octanol–water partition coefficient (Wildman–Crippen LogP) is 6.18. The summed E-state index contributed by atoms with van der Waals surface area (Å²) in [7, 11) is 1.46. The second-order valence-corrected chi connectivity index (χ2v) is 9.11. The van der Waals surface area contributed by atoms with E-state index in [1.165, 1.54) is 25.3 Å².